The van der Waals surface area contributed by atoms with Crippen molar-refractivity contribution >= 4 is 5.91 Å². The SMILES string of the molecule is CC(C(=O)NN)n1cccn1. The van der Waals surface area contributed by atoms with Gasteiger partial charge in [0.15, 0.2) is 0 Å². The van der Waals surface area contributed by atoms with E-state index in [1.807, 2.05) is 0 Å². The summed E-state index contributed by atoms with van der Waals surface area (Å²) in [6.45, 7) is 1.72. The van der Waals surface area contributed by atoms with E-state index in [1.54, 1.807) is 25.4 Å². The van der Waals surface area contributed by atoms with Gasteiger partial charge in [0.1, 0.15) is 6.04 Å². The number of amides is 1. The quantitative estimate of drug-likeness (QED) is 0.340. The molecule has 11 heavy (non-hydrogen) atoms. The Morgan fingerprint density at radius 3 is 3.00 bits per heavy atom. The Kier molecular flexibility index (Phi) is 2.22. The van der Waals surface area contributed by atoms with Gasteiger partial charge in [0.25, 0.3) is 5.91 Å². The maximum atomic E-state index is 10.9. The van der Waals surface area contributed by atoms with Gasteiger partial charge in [0.2, 0.25) is 0 Å². The zero-order valence-corrected chi connectivity index (χ0v) is 6.19. The molecule has 3 N–H and O–H groups in total. The number of hydrogen-bond donors (Lipinski definition) is 2. The Morgan fingerprint density at radius 1 is 1.82 bits per heavy atom. The predicted molar refractivity (Wildman–Crippen MR) is 39.3 cm³/mol. The molecular weight excluding hydrogens is 144 g/mol. The fourth-order valence-corrected chi connectivity index (χ4v) is 0.750. The van der Waals surface area contributed by atoms with Crippen LogP contribution in [-0.2, 0) is 4.79 Å². The van der Waals surface area contributed by atoms with Crippen molar-refractivity contribution < 1.29 is 4.79 Å². The lowest BCUT2D eigenvalue weighted by Crippen LogP contribution is -2.36. The van der Waals surface area contributed by atoms with Crippen LogP contribution >= 0.6 is 0 Å². The average molecular weight is 154 g/mol. The van der Waals surface area contributed by atoms with Crippen LogP contribution in [0.1, 0.15) is 13.0 Å². The van der Waals surface area contributed by atoms with E-state index in [9.17, 15) is 4.79 Å². The van der Waals surface area contributed by atoms with Crippen molar-refractivity contribution in [2.45, 2.75) is 13.0 Å². The highest BCUT2D eigenvalue weighted by Gasteiger charge is 2.12. The third-order valence-electron chi connectivity index (χ3n) is 1.44. The maximum Gasteiger partial charge on any atom is 0.258 e. The van der Waals surface area contributed by atoms with Crippen molar-refractivity contribution in [3.8, 4) is 0 Å². The fourth-order valence-electron chi connectivity index (χ4n) is 0.750. The molecule has 0 aliphatic heterocycles. The van der Waals surface area contributed by atoms with Gasteiger partial charge < -0.3 is 0 Å². The lowest BCUT2D eigenvalue weighted by Gasteiger charge is -2.08. The highest BCUT2D eigenvalue weighted by atomic mass is 16.2. The molecule has 1 heterocycles. The van der Waals surface area contributed by atoms with E-state index in [2.05, 4.69) is 10.5 Å². The molecular formula is C6H10N4O. The Labute approximate surface area is 64.2 Å². The number of nitrogens with two attached hydrogens (primary N) is 1. The molecule has 5 heteroatoms. The lowest BCUT2D eigenvalue weighted by molar-refractivity contribution is -0.124. The normalized spacial score (nSPS) is 12.5. The molecule has 1 unspecified atom stereocenters. The second-order valence-corrected chi connectivity index (χ2v) is 2.17. The third kappa shape index (κ3) is 1.56. The molecule has 60 valence electrons. The highest BCUT2D eigenvalue weighted by molar-refractivity contribution is 5.78. The highest BCUT2D eigenvalue weighted by Crippen LogP contribution is 2.01. The molecule has 1 atom stereocenters. The second-order valence-electron chi connectivity index (χ2n) is 2.17. The summed E-state index contributed by atoms with van der Waals surface area (Å²) in [5, 5.41) is 3.89. The van der Waals surface area contributed by atoms with Gasteiger partial charge in [-0.1, -0.05) is 0 Å². The second kappa shape index (κ2) is 3.16. The number of carbonyl (C=O) groups is 1. The molecule has 1 aromatic rings. The predicted octanol–water partition coefficient (Wildman–Crippen LogP) is -0.566. The van der Waals surface area contributed by atoms with Crippen molar-refractivity contribution in [2.75, 3.05) is 0 Å². The van der Waals surface area contributed by atoms with Crippen molar-refractivity contribution in [1.29, 1.82) is 0 Å². The molecule has 1 rings (SSSR count). The van der Waals surface area contributed by atoms with Gasteiger partial charge in [-0.05, 0) is 13.0 Å². The van der Waals surface area contributed by atoms with E-state index < -0.39 is 0 Å². The minimum atomic E-state index is -0.352. The third-order valence-corrected chi connectivity index (χ3v) is 1.44. The number of hydrazine groups is 1. The summed E-state index contributed by atoms with van der Waals surface area (Å²) < 4.78 is 1.53. The topological polar surface area (TPSA) is 72.9 Å². The van der Waals surface area contributed by atoms with Gasteiger partial charge in [-0.25, -0.2) is 5.84 Å². The van der Waals surface area contributed by atoms with E-state index in [0.29, 0.717) is 0 Å². The molecule has 0 aliphatic rings. The Morgan fingerprint density at radius 2 is 2.55 bits per heavy atom. The summed E-state index contributed by atoms with van der Waals surface area (Å²) in [4.78, 5) is 10.9. The summed E-state index contributed by atoms with van der Waals surface area (Å²) in [5.41, 5.74) is 2.05. The Hall–Kier alpha value is -1.36. The van der Waals surface area contributed by atoms with Gasteiger partial charge in [0, 0.05) is 12.4 Å². The molecule has 0 radical (unpaired) electrons. The minimum absolute atomic E-state index is 0.256. The van der Waals surface area contributed by atoms with Crippen LogP contribution in [0.2, 0.25) is 0 Å². The molecule has 0 spiro atoms. The van der Waals surface area contributed by atoms with Crippen LogP contribution in [0.15, 0.2) is 18.5 Å². The molecule has 1 amide bonds. The summed E-state index contributed by atoms with van der Waals surface area (Å²) in [6.07, 6.45) is 3.32. The number of nitrogens with one attached hydrogen (secondary N) is 1. The van der Waals surface area contributed by atoms with Crippen molar-refractivity contribution in [1.82, 2.24) is 15.2 Å². The zero-order chi connectivity index (χ0) is 8.27. The Balaban J connectivity index is 2.70. The monoisotopic (exact) mass is 154 g/mol. The van der Waals surface area contributed by atoms with Crippen molar-refractivity contribution in [2.24, 2.45) is 5.84 Å². The first kappa shape index (κ1) is 7.74. The molecule has 0 fully saturated rings. The van der Waals surface area contributed by atoms with Gasteiger partial charge in [-0.15, -0.1) is 0 Å². The smallest absolute Gasteiger partial charge is 0.258 e. The van der Waals surface area contributed by atoms with Gasteiger partial charge >= 0.3 is 0 Å². The number of nitrogens with zero attached hydrogens (tertiary/aromatic N) is 2. The molecule has 0 bridgehead atoms. The van der Waals surface area contributed by atoms with Crippen LogP contribution in [0.3, 0.4) is 0 Å². The summed E-state index contributed by atoms with van der Waals surface area (Å²) >= 11 is 0. The van der Waals surface area contributed by atoms with E-state index in [1.165, 1.54) is 4.68 Å². The summed E-state index contributed by atoms with van der Waals surface area (Å²) in [5.74, 6) is 4.68. The number of rotatable bonds is 2. The molecule has 5 nitrogen and oxygen atoms in total. The van der Waals surface area contributed by atoms with Gasteiger partial charge in [0.05, 0.1) is 0 Å². The number of hydrogen-bond acceptors (Lipinski definition) is 3. The molecule has 1 aromatic heterocycles. The van der Waals surface area contributed by atoms with Gasteiger partial charge in [-0.3, -0.25) is 14.9 Å². The van der Waals surface area contributed by atoms with Crippen LogP contribution < -0.4 is 11.3 Å². The number of aromatic nitrogens is 2. The molecule has 0 saturated heterocycles. The fraction of sp³-hybridized carbons (Fsp3) is 0.333. The standard InChI is InChI=1S/C6H10N4O/c1-5(6(11)9-7)10-4-2-3-8-10/h2-5H,7H2,1H3,(H,9,11). The van der Waals surface area contributed by atoms with E-state index in [4.69, 9.17) is 5.84 Å². The van der Waals surface area contributed by atoms with Crippen LogP contribution in [0.5, 0.6) is 0 Å². The van der Waals surface area contributed by atoms with E-state index >= 15 is 0 Å². The first-order valence-electron chi connectivity index (χ1n) is 3.25. The summed E-state index contributed by atoms with van der Waals surface area (Å²) in [7, 11) is 0. The zero-order valence-electron chi connectivity index (χ0n) is 6.19. The molecule has 0 aromatic carbocycles. The summed E-state index contributed by atoms with van der Waals surface area (Å²) in [6, 6.07) is 1.40. The average Bonchev–Trinajstić information content (AvgIpc) is 2.53. The number of carbonyl (C=O) groups excluding carboxylic acids is 1. The van der Waals surface area contributed by atoms with Crippen molar-refractivity contribution in [3.63, 3.8) is 0 Å². The van der Waals surface area contributed by atoms with Crippen LogP contribution in [0.25, 0.3) is 0 Å². The Bertz CT molecular complexity index is 231. The van der Waals surface area contributed by atoms with Crippen LogP contribution in [-0.4, -0.2) is 15.7 Å². The first-order valence-corrected chi connectivity index (χ1v) is 3.25. The van der Waals surface area contributed by atoms with Gasteiger partial charge in [-0.2, -0.15) is 5.10 Å². The van der Waals surface area contributed by atoms with E-state index in [0.717, 1.165) is 0 Å². The van der Waals surface area contributed by atoms with Crippen LogP contribution in [0, 0.1) is 0 Å². The largest absolute Gasteiger partial charge is 0.292 e. The molecule has 0 saturated carbocycles. The minimum Gasteiger partial charge on any atom is -0.292 e. The maximum absolute atomic E-state index is 10.9. The lowest BCUT2D eigenvalue weighted by atomic mass is 10.3. The van der Waals surface area contributed by atoms with Crippen LogP contribution in [0.4, 0.5) is 0 Å². The van der Waals surface area contributed by atoms with Crippen molar-refractivity contribution in [3.05, 3.63) is 18.5 Å². The molecule has 0 aliphatic carbocycles. The first-order chi connectivity index (χ1) is 5.25. The van der Waals surface area contributed by atoms with E-state index in [-0.39, 0.29) is 11.9 Å².